The minimum atomic E-state index is -0.140. The van der Waals surface area contributed by atoms with Crippen LogP contribution in [0.25, 0.3) is 11.5 Å². The molecule has 0 fully saturated rings. The molecule has 28 heavy (non-hydrogen) atoms. The second-order valence-corrected chi connectivity index (χ2v) is 6.35. The standard InChI is InChI=1S/C20H19N5O3/c1-14-17(9-10-27-14)20-24-23-19(28-20)8-7-18(26)22-16-11-21-25(13-16)12-15-5-3-2-4-6-15/h2-6,9-11,13H,7-8,12H2,1H3,(H,22,26). The molecule has 0 spiro atoms. The first-order valence-corrected chi connectivity index (χ1v) is 8.90. The average molecular weight is 377 g/mol. The van der Waals surface area contributed by atoms with Crippen LogP contribution in [-0.4, -0.2) is 25.9 Å². The maximum atomic E-state index is 12.2. The van der Waals surface area contributed by atoms with Crippen molar-refractivity contribution in [3.8, 4) is 11.5 Å². The number of nitrogens with zero attached hydrogens (tertiary/aromatic N) is 4. The molecule has 1 N–H and O–H groups in total. The highest BCUT2D eigenvalue weighted by atomic mass is 16.4. The average Bonchev–Trinajstić information content (AvgIpc) is 3.42. The van der Waals surface area contributed by atoms with Crippen molar-refractivity contribution in [3.63, 3.8) is 0 Å². The van der Waals surface area contributed by atoms with Crippen molar-refractivity contribution < 1.29 is 13.6 Å². The molecule has 1 amide bonds. The van der Waals surface area contributed by atoms with Crippen LogP contribution in [0, 0.1) is 6.92 Å². The molecule has 0 unspecified atom stereocenters. The lowest BCUT2D eigenvalue weighted by molar-refractivity contribution is -0.116. The number of aromatic nitrogens is 4. The molecule has 0 bridgehead atoms. The Morgan fingerprint density at radius 1 is 1.18 bits per heavy atom. The third-order valence-electron chi connectivity index (χ3n) is 4.23. The van der Waals surface area contributed by atoms with Crippen molar-refractivity contribution in [1.29, 1.82) is 0 Å². The minimum Gasteiger partial charge on any atom is -0.469 e. The van der Waals surface area contributed by atoms with Gasteiger partial charge in [-0.2, -0.15) is 5.10 Å². The molecule has 3 heterocycles. The maximum Gasteiger partial charge on any atom is 0.251 e. The van der Waals surface area contributed by atoms with Gasteiger partial charge in [0.25, 0.3) is 5.89 Å². The second-order valence-electron chi connectivity index (χ2n) is 6.35. The van der Waals surface area contributed by atoms with Gasteiger partial charge in [-0.3, -0.25) is 9.48 Å². The van der Waals surface area contributed by atoms with Gasteiger partial charge in [0.2, 0.25) is 11.8 Å². The zero-order valence-electron chi connectivity index (χ0n) is 15.3. The lowest BCUT2D eigenvalue weighted by atomic mass is 10.2. The first-order chi connectivity index (χ1) is 13.7. The SMILES string of the molecule is Cc1occc1-c1nnc(CCC(=O)Nc2cnn(Cc3ccccc3)c2)o1. The Balaban J connectivity index is 1.29. The highest BCUT2D eigenvalue weighted by Gasteiger charge is 2.14. The van der Waals surface area contributed by atoms with E-state index in [1.54, 1.807) is 29.4 Å². The molecule has 8 heteroatoms. The third-order valence-corrected chi connectivity index (χ3v) is 4.23. The second kappa shape index (κ2) is 7.91. The number of hydrogen-bond donors (Lipinski definition) is 1. The summed E-state index contributed by atoms with van der Waals surface area (Å²) in [4.78, 5) is 12.2. The topological polar surface area (TPSA) is 99.0 Å². The number of carbonyl (C=O) groups is 1. The Hall–Kier alpha value is -3.68. The molecule has 8 nitrogen and oxygen atoms in total. The summed E-state index contributed by atoms with van der Waals surface area (Å²) in [5.74, 6) is 1.37. The normalized spacial score (nSPS) is 10.9. The first kappa shape index (κ1) is 17.7. The molecule has 0 aliphatic heterocycles. The number of amides is 1. The molecule has 0 radical (unpaired) electrons. The van der Waals surface area contributed by atoms with Gasteiger partial charge in [0.05, 0.1) is 30.3 Å². The van der Waals surface area contributed by atoms with Gasteiger partial charge in [-0.1, -0.05) is 30.3 Å². The fraction of sp³-hybridized carbons (Fsp3) is 0.200. The molecule has 4 rings (SSSR count). The molecule has 0 aliphatic rings. The van der Waals surface area contributed by atoms with Crippen molar-refractivity contribution in [2.24, 2.45) is 0 Å². The zero-order valence-corrected chi connectivity index (χ0v) is 15.3. The summed E-state index contributed by atoms with van der Waals surface area (Å²) < 4.78 is 12.6. The minimum absolute atomic E-state index is 0.140. The molecule has 0 saturated heterocycles. The van der Waals surface area contributed by atoms with Gasteiger partial charge in [-0.05, 0) is 18.6 Å². The Kier molecular flexibility index (Phi) is 5.01. The highest BCUT2D eigenvalue weighted by molar-refractivity contribution is 5.90. The summed E-state index contributed by atoms with van der Waals surface area (Å²) in [6, 6.07) is 11.8. The van der Waals surface area contributed by atoms with E-state index >= 15 is 0 Å². The number of rotatable bonds is 7. The number of carbonyl (C=O) groups excluding carboxylic acids is 1. The van der Waals surface area contributed by atoms with Crippen molar-refractivity contribution in [2.45, 2.75) is 26.3 Å². The quantitative estimate of drug-likeness (QED) is 0.529. The maximum absolute atomic E-state index is 12.2. The Labute approximate surface area is 161 Å². The predicted molar refractivity (Wildman–Crippen MR) is 101 cm³/mol. The smallest absolute Gasteiger partial charge is 0.251 e. The van der Waals surface area contributed by atoms with Crippen LogP contribution >= 0.6 is 0 Å². The van der Waals surface area contributed by atoms with Gasteiger partial charge < -0.3 is 14.2 Å². The van der Waals surface area contributed by atoms with Crippen molar-refractivity contribution in [2.75, 3.05) is 5.32 Å². The Morgan fingerprint density at radius 2 is 2.04 bits per heavy atom. The van der Waals surface area contributed by atoms with Crippen molar-refractivity contribution in [3.05, 3.63) is 72.3 Å². The molecular formula is C20H19N5O3. The molecule has 142 valence electrons. The Bertz CT molecular complexity index is 1060. The first-order valence-electron chi connectivity index (χ1n) is 8.90. The van der Waals surface area contributed by atoms with Crippen LogP contribution < -0.4 is 5.32 Å². The van der Waals surface area contributed by atoms with E-state index in [1.807, 2.05) is 37.3 Å². The van der Waals surface area contributed by atoms with Crippen LogP contribution in [-0.2, 0) is 17.8 Å². The molecule has 0 aliphatic carbocycles. The van der Waals surface area contributed by atoms with Crippen LogP contribution in [0.1, 0.15) is 23.6 Å². The monoisotopic (exact) mass is 377 g/mol. The summed E-state index contributed by atoms with van der Waals surface area (Å²) in [5.41, 5.74) is 2.55. The number of benzene rings is 1. The van der Waals surface area contributed by atoms with E-state index in [-0.39, 0.29) is 12.3 Å². The van der Waals surface area contributed by atoms with E-state index in [9.17, 15) is 4.79 Å². The molecule has 4 aromatic rings. The molecular weight excluding hydrogens is 358 g/mol. The van der Waals surface area contributed by atoms with Gasteiger partial charge in [0, 0.05) is 19.0 Å². The van der Waals surface area contributed by atoms with Gasteiger partial charge in [0.1, 0.15) is 5.76 Å². The van der Waals surface area contributed by atoms with Crippen molar-refractivity contribution >= 4 is 11.6 Å². The number of aryl methyl sites for hydroxylation is 2. The van der Waals surface area contributed by atoms with Crippen LogP contribution in [0.4, 0.5) is 5.69 Å². The van der Waals surface area contributed by atoms with Gasteiger partial charge in [-0.15, -0.1) is 10.2 Å². The van der Waals surface area contributed by atoms with Gasteiger partial charge in [0.15, 0.2) is 0 Å². The zero-order chi connectivity index (χ0) is 19.3. The largest absolute Gasteiger partial charge is 0.469 e. The summed E-state index contributed by atoms with van der Waals surface area (Å²) in [6.45, 7) is 2.47. The molecule has 0 saturated carbocycles. The van der Waals surface area contributed by atoms with E-state index in [4.69, 9.17) is 8.83 Å². The highest BCUT2D eigenvalue weighted by Crippen LogP contribution is 2.23. The van der Waals surface area contributed by atoms with Gasteiger partial charge >= 0.3 is 0 Å². The summed E-state index contributed by atoms with van der Waals surface area (Å²) in [6.07, 6.45) is 5.59. The molecule has 1 aromatic carbocycles. The van der Waals surface area contributed by atoms with Crippen LogP contribution in [0.15, 0.2) is 63.9 Å². The molecule has 3 aromatic heterocycles. The van der Waals surface area contributed by atoms with Gasteiger partial charge in [-0.25, -0.2) is 0 Å². The van der Waals surface area contributed by atoms with E-state index in [1.165, 1.54) is 0 Å². The van der Waals surface area contributed by atoms with E-state index < -0.39 is 0 Å². The number of furan rings is 1. The fourth-order valence-electron chi connectivity index (χ4n) is 2.80. The number of nitrogens with one attached hydrogen (secondary N) is 1. The number of anilines is 1. The summed E-state index contributed by atoms with van der Waals surface area (Å²) in [7, 11) is 0. The lowest BCUT2D eigenvalue weighted by Crippen LogP contribution is -2.12. The van der Waals surface area contributed by atoms with Crippen LogP contribution in [0.3, 0.4) is 0 Å². The predicted octanol–water partition coefficient (Wildman–Crippen LogP) is 3.45. The summed E-state index contributed by atoms with van der Waals surface area (Å²) in [5, 5.41) is 15.1. The lowest BCUT2D eigenvalue weighted by Gasteiger charge is -2.02. The van der Waals surface area contributed by atoms with Crippen molar-refractivity contribution in [1.82, 2.24) is 20.0 Å². The molecule has 0 atom stereocenters. The Morgan fingerprint density at radius 3 is 2.82 bits per heavy atom. The van der Waals surface area contributed by atoms with E-state index in [0.717, 1.165) is 11.1 Å². The fourth-order valence-corrected chi connectivity index (χ4v) is 2.80. The van der Waals surface area contributed by atoms with Crippen LogP contribution in [0.2, 0.25) is 0 Å². The summed E-state index contributed by atoms with van der Waals surface area (Å²) >= 11 is 0. The van der Waals surface area contributed by atoms with E-state index in [0.29, 0.717) is 36.2 Å². The van der Waals surface area contributed by atoms with E-state index in [2.05, 4.69) is 20.6 Å². The third kappa shape index (κ3) is 4.17. The van der Waals surface area contributed by atoms with Crippen LogP contribution in [0.5, 0.6) is 0 Å². The number of hydrogen-bond acceptors (Lipinski definition) is 6.